The molecule has 5 nitrogen and oxygen atoms in total. The second-order valence-corrected chi connectivity index (χ2v) is 9.22. The lowest BCUT2D eigenvalue weighted by Crippen LogP contribution is -2.50. The molecule has 30 heavy (non-hydrogen) atoms. The number of aryl methyl sites for hydroxylation is 2. The zero-order valence-corrected chi connectivity index (χ0v) is 18.9. The molecular formula is C24H31N3O2S. The molecule has 0 bridgehead atoms. The maximum Gasteiger partial charge on any atom is 0.235 e. The molecule has 0 unspecified atom stereocenters. The van der Waals surface area contributed by atoms with Crippen molar-refractivity contribution in [3.8, 4) is 0 Å². The summed E-state index contributed by atoms with van der Waals surface area (Å²) in [6.45, 7) is 10.2. The fraction of sp³-hybridized carbons (Fsp3) is 0.417. The lowest BCUT2D eigenvalue weighted by Gasteiger charge is -2.36. The van der Waals surface area contributed by atoms with Gasteiger partial charge in [0.1, 0.15) is 0 Å². The van der Waals surface area contributed by atoms with Crippen LogP contribution in [0.4, 0.5) is 5.69 Å². The molecule has 0 spiro atoms. The van der Waals surface area contributed by atoms with Gasteiger partial charge in [0.05, 0.1) is 11.0 Å². The molecule has 0 radical (unpaired) electrons. The quantitative estimate of drug-likeness (QED) is 0.735. The third-order valence-corrected chi connectivity index (χ3v) is 6.62. The minimum Gasteiger partial charge on any atom is -0.339 e. The number of nitrogens with zero attached hydrogens (tertiary/aromatic N) is 2. The number of anilines is 1. The van der Waals surface area contributed by atoms with Crippen molar-refractivity contribution in [2.75, 3.05) is 37.2 Å². The summed E-state index contributed by atoms with van der Waals surface area (Å²) < 4.78 is 0. The fourth-order valence-electron chi connectivity index (χ4n) is 3.52. The van der Waals surface area contributed by atoms with Crippen LogP contribution in [0.25, 0.3) is 0 Å². The highest BCUT2D eigenvalue weighted by Gasteiger charge is 2.25. The highest BCUT2D eigenvalue weighted by atomic mass is 32.2. The molecule has 1 fully saturated rings. The maximum atomic E-state index is 12.8. The van der Waals surface area contributed by atoms with Gasteiger partial charge in [0.25, 0.3) is 0 Å². The minimum absolute atomic E-state index is 0.0773. The Kier molecular flexibility index (Phi) is 7.94. The van der Waals surface area contributed by atoms with Crippen LogP contribution in [-0.2, 0) is 16.1 Å². The van der Waals surface area contributed by atoms with Gasteiger partial charge in [-0.25, -0.2) is 0 Å². The first-order chi connectivity index (χ1) is 14.4. The van der Waals surface area contributed by atoms with Crippen LogP contribution in [0.5, 0.6) is 0 Å². The first kappa shape index (κ1) is 22.4. The monoisotopic (exact) mass is 425 g/mol. The van der Waals surface area contributed by atoms with E-state index in [9.17, 15) is 9.59 Å². The van der Waals surface area contributed by atoms with Crippen LogP contribution in [0.3, 0.4) is 0 Å². The Morgan fingerprint density at radius 3 is 2.33 bits per heavy atom. The Hall–Kier alpha value is -2.31. The van der Waals surface area contributed by atoms with Gasteiger partial charge in [-0.15, -0.1) is 11.8 Å². The summed E-state index contributed by atoms with van der Waals surface area (Å²) in [7, 11) is 0. The maximum absolute atomic E-state index is 12.8. The summed E-state index contributed by atoms with van der Waals surface area (Å²) >= 11 is 1.40. The van der Waals surface area contributed by atoms with E-state index < -0.39 is 0 Å². The van der Waals surface area contributed by atoms with Gasteiger partial charge in [-0.1, -0.05) is 42.0 Å². The Bertz CT molecular complexity index is 861. The van der Waals surface area contributed by atoms with E-state index in [0.29, 0.717) is 0 Å². The van der Waals surface area contributed by atoms with Crippen molar-refractivity contribution in [2.45, 2.75) is 32.6 Å². The van der Waals surface area contributed by atoms with E-state index in [1.165, 1.54) is 22.9 Å². The summed E-state index contributed by atoms with van der Waals surface area (Å²) in [5.41, 5.74) is 4.60. The average Bonchev–Trinajstić information content (AvgIpc) is 2.75. The van der Waals surface area contributed by atoms with E-state index in [2.05, 4.69) is 41.4 Å². The predicted octanol–water partition coefficient (Wildman–Crippen LogP) is 3.71. The second kappa shape index (κ2) is 10.6. The van der Waals surface area contributed by atoms with Crippen LogP contribution in [0.1, 0.15) is 23.6 Å². The number of amides is 2. The number of carbonyl (C=O) groups is 2. The zero-order valence-electron chi connectivity index (χ0n) is 18.1. The van der Waals surface area contributed by atoms with Gasteiger partial charge < -0.3 is 10.2 Å². The van der Waals surface area contributed by atoms with Crippen molar-refractivity contribution in [1.29, 1.82) is 0 Å². The minimum atomic E-state index is -0.225. The number of thioether (sulfide) groups is 1. The summed E-state index contributed by atoms with van der Waals surface area (Å²) in [5.74, 6) is 0.318. The van der Waals surface area contributed by atoms with Gasteiger partial charge in [-0.05, 0) is 44.0 Å². The standard InChI is InChI=1S/C24H31N3O2S/c1-18-8-10-22(11-9-18)25-23(28)17-30-20(3)24(29)27-14-12-26(13-15-27)16-21-7-5-4-6-19(21)2/h4-11,20H,12-17H2,1-3H3,(H,25,28)/t20-/m0/s1. The van der Waals surface area contributed by atoms with Gasteiger partial charge in [0.15, 0.2) is 0 Å². The average molecular weight is 426 g/mol. The zero-order chi connectivity index (χ0) is 21.5. The van der Waals surface area contributed by atoms with Crippen LogP contribution in [0.15, 0.2) is 48.5 Å². The Balaban J connectivity index is 1.40. The molecule has 0 saturated carbocycles. The molecule has 2 aromatic carbocycles. The highest BCUT2D eigenvalue weighted by Crippen LogP contribution is 2.18. The van der Waals surface area contributed by atoms with E-state index in [1.807, 2.05) is 43.0 Å². The topological polar surface area (TPSA) is 52.7 Å². The molecular weight excluding hydrogens is 394 g/mol. The van der Waals surface area contributed by atoms with Crippen LogP contribution < -0.4 is 5.32 Å². The first-order valence-electron chi connectivity index (χ1n) is 10.5. The third kappa shape index (κ3) is 6.34. The number of piperazine rings is 1. The number of carbonyl (C=O) groups excluding carboxylic acids is 2. The van der Waals surface area contributed by atoms with E-state index in [4.69, 9.17) is 0 Å². The van der Waals surface area contributed by atoms with E-state index >= 15 is 0 Å². The molecule has 160 valence electrons. The molecule has 1 heterocycles. The van der Waals surface area contributed by atoms with Crippen molar-refractivity contribution in [1.82, 2.24) is 9.80 Å². The van der Waals surface area contributed by atoms with Crippen molar-refractivity contribution in [2.24, 2.45) is 0 Å². The van der Waals surface area contributed by atoms with Crippen LogP contribution in [0, 0.1) is 13.8 Å². The largest absolute Gasteiger partial charge is 0.339 e. The lowest BCUT2D eigenvalue weighted by atomic mass is 10.1. The van der Waals surface area contributed by atoms with Gasteiger partial charge in [0.2, 0.25) is 11.8 Å². The molecule has 1 aliphatic rings. The summed E-state index contributed by atoms with van der Waals surface area (Å²) in [6.07, 6.45) is 0. The van der Waals surface area contributed by atoms with Gasteiger partial charge in [-0.3, -0.25) is 14.5 Å². The molecule has 0 aromatic heterocycles. The fourth-order valence-corrected chi connectivity index (χ4v) is 4.28. The smallest absolute Gasteiger partial charge is 0.235 e. The van der Waals surface area contributed by atoms with E-state index in [0.717, 1.165) is 44.0 Å². The third-order valence-electron chi connectivity index (χ3n) is 5.49. The van der Waals surface area contributed by atoms with Crippen molar-refractivity contribution < 1.29 is 9.59 Å². The molecule has 2 aromatic rings. The predicted molar refractivity (Wildman–Crippen MR) is 125 cm³/mol. The molecule has 1 saturated heterocycles. The van der Waals surface area contributed by atoms with Gasteiger partial charge in [-0.2, -0.15) is 0 Å². The molecule has 3 rings (SSSR count). The number of nitrogens with one attached hydrogen (secondary N) is 1. The molecule has 6 heteroatoms. The lowest BCUT2D eigenvalue weighted by molar-refractivity contribution is -0.132. The summed E-state index contributed by atoms with van der Waals surface area (Å²) in [6, 6.07) is 16.2. The second-order valence-electron chi connectivity index (χ2n) is 7.90. The van der Waals surface area contributed by atoms with Crippen LogP contribution in [-0.4, -0.2) is 58.8 Å². The van der Waals surface area contributed by atoms with Gasteiger partial charge >= 0.3 is 0 Å². The van der Waals surface area contributed by atoms with E-state index in [1.54, 1.807) is 0 Å². The molecule has 1 N–H and O–H groups in total. The summed E-state index contributed by atoms with van der Waals surface area (Å²) in [4.78, 5) is 29.3. The molecule has 2 amide bonds. The number of rotatable bonds is 7. The Morgan fingerprint density at radius 1 is 1.00 bits per heavy atom. The highest BCUT2D eigenvalue weighted by molar-refractivity contribution is 8.01. The number of hydrogen-bond acceptors (Lipinski definition) is 4. The van der Waals surface area contributed by atoms with Crippen molar-refractivity contribution in [3.05, 3.63) is 65.2 Å². The Labute approximate surface area is 183 Å². The normalized spacial score (nSPS) is 15.6. The molecule has 1 aliphatic heterocycles. The summed E-state index contributed by atoms with van der Waals surface area (Å²) in [5, 5.41) is 2.66. The van der Waals surface area contributed by atoms with Crippen LogP contribution >= 0.6 is 11.8 Å². The number of benzene rings is 2. The molecule has 1 atom stereocenters. The molecule has 0 aliphatic carbocycles. The van der Waals surface area contributed by atoms with Crippen molar-refractivity contribution in [3.63, 3.8) is 0 Å². The first-order valence-corrected chi connectivity index (χ1v) is 11.5. The van der Waals surface area contributed by atoms with Crippen molar-refractivity contribution >= 4 is 29.3 Å². The van der Waals surface area contributed by atoms with Crippen LogP contribution in [0.2, 0.25) is 0 Å². The number of hydrogen-bond donors (Lipinski definition) is 1. The van der Waals surface area contributed by atoms with Gasteiger partial charge in [0, 0.05) is 38.4 Å². The SMILES string of the molecule is Cc1ccc(NC(=O)CS[C@@H](C)C(=O)N2CCN(Cc3ccccc3C)CC2)cc1. The van der Waals surface area contributed by atoms with E-state index in [-0.39, 0.29) is 22.8 Å². The Morgan fingerprint density at radius 2 is 1.67 bits per heavy atom.